The van der Waals surface area contributed by atoms with Gasteiger partial charge in [0.25, 0.3) is 10.1 Å². The number of aliphatic imine (C=N–C) groups is 1. The zero-order valence-corrected chi connectivity index (χ0v) is 14.1. The van der Waals surface area contributed by atoms with E-state index in [2.05, 4.69) is 4.99 Å². The van der Waals surface area contributed by atoms with Gasteiger partial charge in [0, 0.05) is 0 Å². The van der Waals surface area contributed by atoms with Crippen LogP contribution in [0.3, 0.4) is 0 Å². The van der Waals surface area contributed by atoms with Crippen molar-refractivity contribution in [3.63, 3.8) is 0 Å². The van der Waals surface area contributed by atoms with Crippen LogP contribution in [0.2, 0.25) is 0 Å². The van der Waals surface area contributed by atoms with Crippen LogP contribution in [0, 0.1) is 18.6 Å². The van der Waals surface area contributed by atoms with Gasteiger partial charge in [-0.3, -0.25) is 4.18 Å². The average molecular weight is 367 g/mol. The highest BCUT2D eigenvalue weighted by atomic mass is 32.2. The molecule has 0 saturated carbocycles. The van der Waals surface area contributed by atoms with Crippen LogP contribution in [0.1, 0.15) is 11.1 Å². The maximum Gasteiger partial charge on any atom is 0.297 e. The van der Waals surface area contributed by atoms with E-state index < -0.39 is 27.8 Å². The molecule has 0 radical (unpaired) electrons. The van der Waals surface area contributed by atoms with Crippen LogP contribution in [0.4, 0.5) is 8.78 Å². The molecule has 0 N–H and O–H groups in total. The smallest absolute Gasteiger partial charge is 0.297 e. The molecule has 0 amide bonds. The van der Waals surface area contributed by atoms with Crippen molar-refractivity contribution in [2.75, 3.05) is 13.2 Å². The van der Waals surface area contributed by atoms with Crippen LogP contribution in [-0.2, 0) is 19.0 Å². The van der Waals surface area contributed by atoms with Crippen molar-refractivity contribution < 1.29 is 26.1 Å². The molecule has 2 aromatic rings. The first-order valence-corrected chi connectivity index (χ1v) is 8.89. The molecule has 1 heterocycles. The van der Waals surface area contributed by atoms with Gasteiger partial charge in [-0.1, -0.05) is 23.8 Å². The Bertz CT molecular complexity index is 890. The van der Waals surface area contributed by atoms with Gasteiger partial charge in [-0.05, 0) is 31.2 Å². The Hall–Kier alpha value is -2.32. The maximum atomic E-state index is 13.7. The maximum absolute atomic E-state index is 13.7. The standard InChI is InChI=1S/C17H15F2NO4S/c1-11-5-7-13(8-6-11)25(21,22)24-10-12-9-23-17(20-12)16-14(18)3-2-4-15(16)19/h2-8,12H,9-10H2,1H3. The fourth-order valence-corrected chi connectivity index (χ4v) is 3.22. The quantitative estimate of drug-likeness (QED) is 0.763. The van der Waals surface area contributed by atoms with E-state index in [1.54, 1.807) is 12.1 Å². The van der Waals surface area contributed by atoms with Crippen molar-refractivity contribution in [2.45, 2.75) is 17.9 Å². The molecule has 5 nitrogen and oxygen atoms in total. The fourth-order valence-electron chi connectivity index (χ4n) is 2.28. The first-order valence-electron chi connectivity index (χ1n) is 7.48. The van der Waals surface area contributed by atoms with E-state index in [4.69, 9.17) is 8.92 Å². The fraction of sp³-hybridized carbons (Fsp3) is 0.235. The molecule has 0 bridgehead atoms. The minimum atomic E-state index is -3.94. The van der Waals surface area contributed by atoms with E-state index in [0.29, 0.717) is 0 Å². The molecule has 1 aliphatic heterocycles. The predicted molar refractivity (Wildman–Crippen MR) is 87.0 cm³/mol. The highest BCUT2D eigenvalue weighted by molar-refractivity contribution is 7.86. The van der Waals surface area contributed by atoms with Crippen LogP contribution in [0.25, 0.3) is 0 Å². The lowest BCUT2D eigenvalue weighted by molar-refractivity contribution is 0.246. The van der Waals surface area contributed by atoms with E-state index in [-0.39, 0.29) is 29.6 Å². The van der Waals surface area contributed by atoms with Crippen molar-refractivity contribution in [1.82, 2.24) is 0 Å². The van der Waals surface area contributed by atoms with Gasteiger partial charge in [-0.15, -0.1) is 0 Å². The average Bonchev–Trinajstić information content (AvgIpc) is 3.02. The normalized spacial score (nSPS) is 17.2. The number of aryl methyl sites for hydroxylation is 1. The van der Waals surface area contributed by atoms with Gasteiger partial charge in [0.1, 0.15) is 29.8 Å². The summed E-state index contributed by atoms with van der Waals surface area (Å²) in [4.78, 5) is 4.04. The Balaban J connectivity index is 1.71. The molecular weight excluding hydrogens is 352 g/mol. The van der Waals surface area contributed by atoms with Gasteiger partial charge < -0.3 is 4.74 Å². The summed E-state index contributed by atoms with van der Waals surface area (Å²) in [5, 5.41) is 0. The van der Waals surface area contributed by atoms with Crippen molar-refractivity contribution in [3.8, 4) is 0 Å². The summed E-state index contributed by atoms with van der Waals surface area (Å²) in [5.74, 6) is -1.79. The lowest BCUT2D eigenvalue weighted by Gasteiger charge is -2.07. The number of halogens is 2. The summed E-state index contributed by atoms with van der Waals surface area (Å²) in [6.45, 7) is 1.54. The van der Waals surface area contributed by atoms with Crippen molar-refractivity contribution >= 4 is 16.0 Å². The molecule has 0 aliphatic carbocycles. The second-order valence-electron chi connectivity index (χ2n) is 5.55. The number of hydrogen-bond donors (Lipinski definition) is 0. The van der Waals surface area contributed by atoms with Gasteiger partial charge in [-0.25, -0.2) is 13.8 Å². The predicted octanol–water partition coefficient (Wildman–Crippen LogP) is 2.82. The van der Waals surface area contributed by atoms with Gasteiger partial charge in [0.15, 0.2) is 0 Å². The Labute approximate surface area is 144 Å². The van der Waals surface area contributed by atoms with Gasteiger partial charge in [-0.2, -0.15) is 8.42 Å². The molecule has 1 unspecified atom stereocenters. The van der Waals surface area contributed by atoms with Crippen LogP contribution in [0.15, 0.2) is 52.4 Å². The second kappa shape index (κ2) is 6.89. The topological polar surface area (TPSA) is 65.0 Å². The van der Waals surface area contributed by atoms with Crippen LogP contribution < -0.4 is 0 Å². The Morgan fingerprint density at radius 1 is 1.16 bits per heavy atom. The van der Waals surface area contributed by atoms with Crippen LogP contribution >= 0.6 is 0 Å². The number of rotatable bonds is 5. The summed E-state index contributed by atoms with van der Waals surface area (Å²) < 4.78 is 61.9. The molecule has 132 valence electrons. The number of hydrogen-bond acceptors (Lipinski definition) is 5. The molecule has 8 heteroatoms. The SMILES string of the molecule is Cc1ccc(S(=O)(=O)OCC2COC(c3c(F)cccc3F)=N2)cc1. The van der Waals surface area contributed by atoms with Gasteiger partial charge >= 0.3 is 0 Å². The molecular formula is C17H15F2NO4S. The van der Waals surface area contributed by atoms with E-state index >= 15 is 0 Å². The molecule has 0 saturated heterocycles. The summed E-state index contributed by atoms with van der Waals surface area (Å²) in [6.07, 6.45) is 0. The molecule has 1 aliphatic rings. The Morgan fingerprint density at radius 2 is 1.80 bits per heavy atom. The lowest BCUT2D eigenvalue weighted by atomic mass is 10.2. The summed E-state index contributed by atoms with van der Waals surface area (Å²) in [5.41, 5.74) is 0.552. The largest absolute Gasteiger partial charge is 0.475 e. The van der Waals surface area contributed by atoms with E-state index in [1.807, 2.05) is 6.92 Å². The zero-order chi connectivity index (χ0) is 18.0. The van der Waals surface area contributed by atoms with Crippen LogP contribution in [0.5, 0.6) is 0 Å². The third-order valence-electron chi connectivity index (χ3n) is 3.61. The number of ether oxygens (including phenoxy) is 1. The molecule has 0 spiro atoms. The first kappa shape index (κ1) is 17.5. The minimum Gasteiger partial charge on any atom is -0.475 e. The molecule has 0 aromatic heterocycles. The van der Waals surface area contributed by atoms with E-state index in [9.17, 15) is 17.2 Å². The van der Waals surface area contributed by atoms with E-state index in [1.165, 1.54) is 18.2 Å². The lowest BCUT2D eigenvalue weighted by Crippen LogP contribution is -2.18. The summed E-state index contributed by atoms with van der Waals surface area (Å²) in [7, 11) is -3.94. The Morgan fingerprint density at radius 3 is 2.44 bits per heavy atom. The Kier molecular flexibility index (Phi) is 4.82. The monoisotopic (exact) mass is 367 g/mol. The van der Waals surface area contributed by atoms with Crippen LogP contribution in [-0.4, -0.2) is 33.6 Å². The molecule has 2 aromatic carbocycles. The molecule has 0 fully saturated rings. The number of nitrogens with zero attached hydrogens (tertiary/aromatic N) is 1. The molecule has 3 rings (SSSR count). The number of benzene rings is 2. The highest BCUT2D eigenvalue weighted by Gasteiger charge is 2.27. The molecule has 25 heavy (non-hydrogen) atoms. The summed E-state index contributed by atoms with van der Waals surface area (Å²) >= 11 is 0. The van der Waals surface area contributed by atoms with Gasteiger partial charge in [0.05, 0.1) is 11.5 Å². The van der Waals surface area contributed by atoms with Crippen molar-refractivity contribution in [1.29, 1.82) is 0 Å². The highest BCUT2D eigenvalue weighted by Crippen LogP contribution is 2.20. The first-order chi connectivity index (χ1) is 11.9. The third kappa shape index (κ3) is 3.85. The zero-order valence-electron chi connectivity index (χ0n) is 13.3. The second-order valence-corrected chi connectivity index (χ2v) is 7.16. The molecule has 1 atom stereocenters. The summed E-state index contributed by atoms with van der Waals surface area (Å²) in [6, 6.07) is 8.95. The van der Waals surface area contributed by atoms with E-state index in [0.717, 1.165) is 17.7 Å². The van der Waals surface area contributed by atoms with Crippen molar-refractivity contribution in [2.24, 2.45) is 4.99 Å². The van der Waals surface area contributed by atoms with Gasteiger partial charge in [0.2, 0.25) is 5.90 Å². The third-order valence-corrected chi connectivity index (χ3v) is 4.91. The van der Waals surface area contributed by atoms with Crippen molar-refractivity contribution in [3.05, 3.63) is 65.2 Å². The minimum absolute atomic E-state index is 0.0213.